The number of anilines is 3. The number of nitrogens with one attached hydrogen (secondary N) is 2. The standard InChI is InChI=1S/C36H42FN7O2/c1-5-26-12-15-43(16-13-26)23-30-10-11-31(19-33(30)37)41-34(45)29-8-6-25(2)28(18-29)9-7-27-20-38-35(39-21-27)42-32-22-40-44(24-32)17-14-36(3,4)46/h6,8,10-11,18-22,24,26,46H,5,12-17,23H2,1-4H3,(H,41,45)(H,38,39,42). The number of amides is 1. The molecule has 3 N–H and O–H groups in total. The summed E-state index contributed by atoms with van der Waals surface area (Å²) in [6.07, 6.45) is 10.9. The SMILES string of the molecule is CCC1CCN(Cc2ccc(NC(=O)c3ccc(C)c(C#Cc4cnc(Nc5cnn(CCC(C)(C)O)c5)nc4)c3)cc2F)CC1. The Hall–Kier alpha value is -4.59. The van der Waals surface area contributed by atoms with Crippen LogP contribution in [0.15, 0.2) is 61.2 Å². The molecule has 9 nitrogen and oxygen atoms in total. The summed E-state index contributed by atoms with van der Waals surface area (Å²) in [5.41, 5.74) is 3.69. The summed E-state index contributed by atoms with van der Waals surface area (Å²) < 4.78 is 16.7. The Kier molecular flexibility index (Phi) is 10.5. The lowest BCUT2D eigenvalue weighted by molar-refractivity contribution is 0.0651. The zero-order valence-electron chi connectivity index (χ0n) is 27.0. The van der Waals surface area contributed by atoms with Gasteiger partial charge in [-0.1, -0.05) is 37.3 Å². The number of aryl methyl sites for hydroxylation is 2. The van der Waals surface area contributed by atoms with E-state index >= 15 is 0 Å². The number of halogens is 1. The summed E-state index contributed by atoms with van der Waals surface area (Å²) in [7, 11) is 0. The molecule has 1 saturated heterocycles. The molecule has 4 aromatic rings. The Balaban J connectivity index is 1.17. The number of aromatic nitrogens is 4. The maximum Gasteiger partial charge on any atom is 0.255 e. The number of piperidine rings is 1. The largest absolute Gasteiger partial charge is 0.390 e. The number of hydrogen-bond acceptors (Lipinski definition) is 7. The summed E-state index contributed by atoms with van der Waals surface area (Å²) in [5, 5.41) is 20.1. The Labute approximate surface area is 270 Å². The zero-order valence-corrected chi connectivity index (χ0v) is 27.0. The summed E-state index contributed by atoms with van der Waals surface area (Å²) in [6, 6.07) is 10.2. The van der Waals surface area contributed by atoms with Crippen molar-refractivity contribution in [2.45, 2.75) is 72.1 Å². The third-order valence-corrected chi connectivity index (χ3v) is 8.32. The highest BCUT2D eigenvalue weighted by molar-refractivity contribution is 6.04. The minimum Gasteiger partial charge on any atom is -0.390 e. The Morgan fingerprint density at radius 1 is 1.07 bits per heavy atom. The van der Waals surface area contributed by atoms with Gasteiger partial charge in [0.2, 0.25) is 5.95 Å². The molecule has 1 fully saturated rings. The van der Waals surface area contributed by atoms with Gasteiger partial charge in [-0.2, -0.15) is 5.10 Å². The Morgan fingerprint density at radius 3 is 2.52 bits per heavy atom. The predicted octanol–water partition coefficient (Wildman–Crippen LogP) is 6.30. The van der Waals surface area contributed by atoms with Gasteiger partial charge in [0.15, 0.2) is 0 Å². The molecule has 3 heterocycles. The number of carbonyl (C=O) groups is 1. The van der Waals surface area contributed by atoms with E-state index in [0.29, 0.717) is 53.4 Å². The molecule has 1 aliphatic heterocycles. The van der Waals surface area contributed by atoms with E-state index in [-0.39, 0.29) is 11.7 Å². The maximum absolute atomic E-state index is 15.0. The van der Waals surface area contributed by atoms with Crippen LogP contribution >= 0.6 is 0 Å². The van der Waals surface area contributed by atoms with Crippen molar-refractivity contribution in [2.75, 3.05) is 23.7 Å². The molecule has 0 spiro atoms. The molecular formula is C36H42FN7O2. The van der Waals surface area contributed by atoms with E-state index in [1.54, 1.807) is 61.4 Å². The number of likely N-dealkylation sites (tertiary alicyclic amines) is 1. The van der Waals surface area contributed by atoms with Crippen molar-refractivity contribution in [1.82, 2.24) is 24.6 Å². The van der Waals surface area contributed by atoms with Gasteiger partial charge in [-0.05, 0) is 88.9 Å². The van der Waals surface area contributed by atoms with Gasteiger partial charge in [-0.3, -0.25) is 14.4 Å². The van der Waals surface area contributed by atoms with E-state index in [1.165, 1.54) is 12.5 Å². The predicted molar refractivity (Wildman–Crippen MR) is 178 cm³/mol. The second-order valence-electron chi connectivity index (χ2n) is 12.6. The molecule has 2 aromatic carbocycles. The van der Waals surface area contributed by atoms with Gasteiger partial charge in [-0.15, -0.1) is 0 Å². The molecule has 5 rings (SSSR count). The van der Waals surface area contributed by atoms with Crippen molar-refractivity contribution in [3.63, 3.8) is 0 Å². The fourth-order valence-corrected chi connectivity index (χ4v) is 5.31. The number of hydrogen-bond donors (Lipinski definition) is 3. The van der Waals surface area contributed by atoms with Crippen LogP contribution in [0.4, 0.5) is 21.7 Å². The normalized spacial score (nSPS) is 14.0. The number of nitrogens with zero attached hydrogens (tertiary/aromatic N) is 5. The highest BCUT2D eigenvalue weighted by Gasteiger charge is 2.19. The molecule has 0 bridgehead atoms. The van der Waals surface area contributed by atoms with Crippen molar-refractivity contribution >= 4 is 23.2 Å². The molecule has 0 atom stereocenters. The average molecular weight is 624 g/mol. The minimum atomic E-state index is -0.759. The quantitative estimate of drug-likeness (QED) is 0.178. The first-order valence-electron chi connectivity index (χ1n) is 15.8. The first-order chi connectivity index (χ1) is 22.0. The third-order valence-electron chi connectivity index (χ3n) is 8.32. The van der Waals surface area contributed by atoms with Crippen molar-refractivity contribution in [2.24, 2.45) is 5.92 Å². The summed E-state index contributed by atoms with van der Waals surface area (Å²) >= 11 is 0. The van der Waals surface area contributed by atoms with Gasteiger partial charge in [0, 0.05) is 54.1 Å². The van der Waals surface area contributed by atoms with Crippen molar-refractivity contribution < 1.29 is 14.3 Å². The number of carbonyl (C=O) groups excluding carboxylic acids is 1. The number of aliphatic hydroxyl groups is 1. The molecule has 0 radical (unpaired) electrons. The monoisotopic (exact) mass is 623 g/mol. The van der Waals surface area contributed by atoms with Crippen LogP contribution < -0.4 is 10.6 Å². The fourth-order valence-electron chi connectivity index (χ4n) is 5.31. The lowest BCUT2D eigenvalue weighted by atomic mass is 9.94. The van der Waals surface area contributed by atoms with Gasteiger partial charge in [0.05, 0.1) is 23.0 Å². The smallest absolute Gasteiger partial charge is 0.255 e. The summed E-state index contributed by atoms with van der Waals surface area (Å²) in [6.45, 7) is 10.8. The highest BCUT2D eigenvalue weighted by Crippen LogP contribution is 2.24. The lowest BCUT2D eigenvalue weighted by Crippen LogP contribution is -2.33. The Bertz CT molecular complexity index is 1710. The van der Waals surface area contributed by atoms with Crippen LogP contribution in [0.5, 0.6) is 0 Å². The number of benzene rings is 2. The molecule has 1 aliphatic rings. The molecule has 0 aliphatic carbocycles. The first-order valence-corrected chi connectivity index (χ1v) is 15.8. The molecule has 0 unspecified atom stereocenters. The minimum absolute atomic E-state index is 0.313. The van der Waals surface area contributed by atoms with Crippen LogP contribution in [0.2, 0.25) is 0 Å². The van der Waals surface area contributed by atoms with Crippen LogP contribution in [0.1, 0.15) is 79.1 Å². The average Bonchev–Trinajstić information content (AvgIpc) is 3.49. The second kappa shape index (κ2) is 14.7. The summed E-state index contributed by atoms with van der Waals surface area (Å²) in [5.74, 6) is 6.72. The maximum atomic E-state index is 15.0. The molecule has 46 heavy (non-hydrogen) atoms. The van der Waals surface area contributed by atoms with Crippen molar-refractivity contribution in [3.05, 3.63) is 94.8 Å². The van der Waals surface area contributed by atoms with Crippen LogP contribution in [0.25, 0.3) is 0 Å². The topological polar surface area (TPSA) is 108 Å². The molecule has 2 aromatic heterocycles. The van der Waals surface area contributed by atoms with Gasteiger partial charge >= 0.3 is 0 Å². The van der Waals surface area contributed by atoms with Gasteiger partial charge in [-0.25, -0.2) is 14.4 Å². The van der Waals surface area contributed by atoms with E-state index in [2.05, 4.69) is 49.4 Å². The van der Waals surface area contributed by atoms with Gasteiger partial charge in [0.25, 0.3) is 5.91 Å². The van der Waals surface area contributed by atoms with E-state index in [4.69, 9.17) is 0 Å². The summed E-state index contributed by atoms with van der Waals surface area (Å²) in [4.78, 5) is 24.1. The molecule has 10 heteroatoms. The van der Waals surface area contributed by atoms with Crippen molar-refractivity contribution in [3.8, 4) is 11.8 Å². The fraction of sp³-hybridized carbons (Fsp3) is 0.389. The Morgan fingerprint density at radius 2 is 1.83 bits per heavy atom. The first kappa shape index (κ1) is 32.8. The second-order valence-corrected chi connectivity index (χ2v) is 12.6. The molecule has 240 valence electrons. The van der Waals surface area contributed by atoms with Gasteiger partial charge in [0.1, 0.15) is 5.82 Å². The van der Waals surface area contributed by atoms with E-state index < -0.39 is 5.60 Å². The molecule has 0 saturated carbocycles. The number of rotatable bonds is 10. The van der Waals surface area contributed by atoms with E-state index in [0.717, 1.165) is 43.1 Å². The zero-order chi connectivity index (χ0) is 32.7. The van der Waals surface area contributed by atoms with E-state index in [9.17, 15) is 14.3 Å². The van der Waals surface area contributed by atoms with Crippen LogP contribution in [-0.2, 0) is 13.1 Å². The van der Waals surface area contributed by atoms with Crippen LogP contribution in [0.3, 0.4) is 0 Å². The van der Waals surface area contributed by atoms with Crippen LogP contribution in [-0.4, -0.2) is 54.4 Å². The molecule has 1 amide bonds. The highest BCUT2D eigenvalue weighted by atomic mass is 19.1. The van der Waals surface area contributed by atoms with E-state index in [1.807, 2.05) is 19.2 Å². The molecular weight excluding hydrogens is 581 g/mol. The van der Waals surface area contributed by atoms with Gasteiger partial charge < -0.3 is 15.7 Å². The van der Waals surface area contributed by atoms with Crippen LogP contribution in [0, 0.1) is 30.5 Å². The lowest BCUT2D eigenvalue weighted by Gasteiger charge is -2.31. The van der Waals surface area contributed by atoms with Crippen molar-refractivity contribution in [1.29, 1.82) is 0 Å². The third kappa shape index (κ3) is 9.22.